The Morgan fingerprint density at radius 1 is 1.15 bits per heavy atom. The van der Waals surface area contributed by atoms with Gasteiger partial charge in [0.1, 0.15) is 0 Å². The standard InChI is InChI=1S/C21H29NO5/c1-4-26-20(25)21(16(2)3,27-15-17-11-7-5-8-12-17)19(24)22-14-10-6-9-13-18(22)23/h5,7-8,11-12,16H,4,6,9-10,13-15H2,1-3H3. The number of carbonyl (C=O) groups is 3. The molecule has 2 rings (SSSR count). The number of rotatable bonds is 7. The van der Waals surface area contributed by atoms with Crippen molar-refractivity contribution in [3.63, 3.8) is 0 Å². The van der Waals surface area contributed by atoms with E-state index in [2.05, 4.69) is 0 Å². The summed E-state index contributed by atoms with van der Waals surface area (Å²) in [6.07, 6.45) is 2.67. The van der Waals surface area contributed by atoms with Gasteiger partial charge in [0, 0.05) is 18.9 Å². The maximum atomic E-state index is 13.4. The number of hydrogen-bond donors (Lipinski definition) is 0. The van der Waals surface area contributed by atoms with Crippen LogP contribution in [0.4, 0.5) is 0 Å². The molecule has 0 aliphatic carbocycles. The van der Waals surface area contributed by atoms with Crippen LogP contribution < -0.4 is 0 Å². The second-order valence-electron chi connectivity index (χ2n) is 7.05. The molecule has 1 aromatic rings. The molecule has 1 heterocycles. The van der Waals surface area contributed by atoms with Gasteiger partial charge in [-0.1, -0.05) is 50.6 Å². The van der Waals surface area contributed by atoms with Gasteiger partial charge >= 0.3 is 5.97 Å². The minimum Gasteiger partial charge on any atom is -0.463 e. The molecule has 6 heteroatoms. The smallest absolute Gasteiger partial charge is 0.348 e. The number of amides is 2. The van der Waals surface area contributed by atoms with Crippen LogP contribution in [0.3, 0.4) is 0 Å². The van der Waals surface area contributed by atoms with E-state index in [1.165, 1.54) is 4.90 Å². The second kappa shape index (κ2) is 9.65. The lowest BCUT2D eigenvalue weighted by atomic mass is 9.87. The zero-order chi connectivity index (χ0) is 19.9. The second-order valence-corrected chi connectivity index (χ2v) is 7.05. The van der Waals surface area contributed by atoms with Crippen molar-refractivity contribution in [1.29, 1.82) is 0 Å². The highest BCUT2D eigenvalue weighted by atomic mass is 16.6. The van der Waals surface area contributed by atoms with Gasteiger partial charge < -0.3 is 9.47 Å². The fraction of sp³-hybridized carbons (Fsp3) is 0.571. The molecule has 0 bridgehead atoms. The Labute approximate surface area is 160 Å². The number of imide groups is 1. The average Bonchev–Trinajstić information content (AvgIpc) is 2.87. The van der Waals surface area contributed by atoms with E-state index in [0.717, 1.165) is 24.8 Å². The topological polar surface area (TPSA) is 72.9 Å². The maximum Gasteiger partial charge on any atom is 0.348 e. The summed E-state index contributed by atoms with van der Waals surface area (Å²) in [6.45, 7) is 5.67. The predicted octanol–water partition coefficient (Wildman–Crippen LogP) is 3.09. The summed E-state index contributed by atoms with van der Waals surface area (Å²) in [6, 6.07) is 9.32. The van der Waals surface area contributed by atoms with E-state index in [9.17, 15) is 14.4 Å². The van der Waals surface area contributed by atoms with Crippen LogP contribution >= 0.6 is 0 Å². The van der Waals surface area contributed by atoms with Crippen LogP contribution in [-0.2, 0) is 30.5 Å². The van der Waals surface area contributed by atoms with Crippen molar-refractivity contribution in [2.24, 2.45) is 5.92 Å². The van der Waals surface area contributed by atoms with Crippen LogP contribution in [0.2, 0.25) is 0 Å². The van der Waals surface area contributed by atoms with E-state index >= 15 is 0 Å². The number of ether oxygens (including phenoxy) is 2. The molecule has 0 N–H and O–H groups in total. The summed E-state index contributed by atoms with van der Waals surface area (Å²) in [5.41, 5.74) is -1.01. The monoisotopic (exact) mass is 375 g/mol. The lowest BCUT2D eigenvalue weighted by Gasteiger charge is -2.36. The highest BCUT2D eigenvalue weighted by Gasteiger charge is 2.54. The highest BCUT2D eigenvalue weighted by Crippen LogP contribution is 2.30. The van der Waals surface area contributed by atoms with Gasteiger partial charge in [-0.3, -0.25) is 14.5 Å². The SMILES string of the molecule is CCOC(=O)C(OCc1ccccc1)(C(=O)N1CCCCCC1=O)C(C)C. The molecular formula is C21H29NO5. The molecule has 0 aromatic heterocycles. The van der Waals surface area contributed by atoms with Gasteiger partial charge in [0.25, 0.3) is 5.91 Å². The van der Waals surface area contributed by atoms with Gasteiger partial charge in [0.15, 0.2) is 0 Å². The summed E-state index contributed by atoms with van der Waals surface area (Å²) < 4.78 is 11.2. The Bertz CT molecular complexity index is 658. The number of benzene rings is 1. The molecule has 1 aliphatic heterocycles. The van der Waals surface area contributed by atoms with Crippen LogP contribution in [-0.4, -0.2) is 41.4 Å². The minimum absolute atomic E-state index is 0.0750. The molecule has 0 radical (unpaired) electrons. The summed E-state index contributed by atoms with van der Waals surface area (Å²) in [5, 5.41) is 0. The van der Waals surface area contributed by atoms with E-state index in [1.54, 1.807) is 20.8 Å². The molecule has 148 valence electrons. The van der Waals surface area contributed by atoms with Crippen molar-refractivity contribution in [2.45, 2.75) is 58.7 Å². The number of likely N-dealkylation sites (tertiary alicyclic amines) is 1. The van der Waals surface area contributed by atoms with Crippen molar-refractivity contribution >= 4 is 17.8 Å². The first-order valence-corrected chi connectivity index (χ1v) is 9.63. The van der Waals surface area contributed by atoms with Crippen molar-refractivity contribution in [1.82, 2.24) is 4.90 Å². The van der Waals surface area contributed by atoms with E-state index in [1.807, 2.05) is 30.3 Å². The van der Waals surface area contributed by atoms with Crippen LogP contribution in [0, 0.1) is 5.92 Å². The van der Waals surface area contributed by atoms with Crippen molar-refractivity contribution in [3.05, 3.63) is 35.9 Å². The largest absolute Gasteiger partial charge is 0.463 e. The molecule has 1 aliphatic rings. The Balaban J connectivity index is 2.37. The van der Waals surface area contributed by atoms with Crippen molar-refractivity contribution < 1.29 is 23.9 Å². The summed E-state index contributed by atoms with van der Waals surface area (Å²) in [5.74, 6) is -2.10. The molecule has 0 saturated carbocycles. The molecule has 1 unspecified atom stereocenters. The van der Waals surface area contributed by atoms with Crippen molar-refractivity contribution in [2.75, 3.05) is 13.2 Å². The molecule has 0 spiro atoms. The maximum absolute atomic E-state index is 13.4. The van der Waals surface area contributed by atoms with E-state index < -0.39 is 23.4 Å². The quantitative estimate of drug-likeness (QED) is 0.541. The van der Waals surface area contributed by atoms with E-state index in [4.69, 9.17) is 9.47 Å². The normalized spacial score (nSPS) is 17.3. The van der Waals surface area contributed by atoms with Crippen LogP contribution in [0.25, 0.3) is 0 Å². The lowest BCUT2D eigenvalue weighted by Crippen LogP contribution is -2.60. The fourth-order valence-corrected chi connectivity index (χ4v) is 3.26. The summed E-state index contributed by atoms with van der Waals surface area (Å²) in [4.78, 5) is 40.0. The number of esters is 1. The van der Waals surface area contributed by atoms with Crippen LogP contribution in [0.5, 0.6) is 0 Å². The zero-order valence-electron chi connectivity index (χ0n) is 16.4. The number of nitrogens with zero attached hydrogens (tertiary/aromatic N) is 1. The van der Waals surface area contributed by atoms with E-state index in [-0.39, 0.29) is 19.1 Å². The molecular weight excluding hydrogens is 346 g/mol. The molecule has 1 atom stereocenters. The zero-order valence-corrected chi connectivity index (χ0v) is 16.4. The Morgan fingerprint density at radius 3 is 2.48 bits per heavy atom. The molecule has 2 amide bonds. The summed E-state index contributed by atoms with van der Waals surface area (Å²) in [7, 11) is 0. The molecule has 27 heavy (non-hydrogen) atoms. The third-order valence-electron chi connectivity index (χ3n) is 4.84. The first-order chi connectivity index (χ1) is 12.9. The fourth-order valence-electron chi connectivity index (χ4n) is 3.26. The van der Waals surface area contributed by atoms with Gasteiger partial charge in [-0.25, -0.2) is 4.79 Å². The Hall–Kier alpha value is -2.21. The molecule has 6 nitrogen and oxygen atoms in total. The van der Waals surface area contributed by atoms with E-state index in [0.29, 0.717) is 13.0 Å². The summed E-state index contributed by atoms with van der Waals surface area (Å²) >= 11 is 0. The van der Waals surface area contributed by atoms with Gasteiger partial charge in [-0.15, -0.1) is 0 Å². The third kappa shape index (κ3) is 4.75. The number of hydrogen-bond acceptors (Lipinski definition) is 5. The first-order valence-electron chi connectivity index (χ1n) is 9.63. The van der Waals surface area contributed by atoms with Gasteiger partial charge in [0.05, 0.1) is 13.2 Å². The van der Waals surface area contributed by atoms with Crippen LogP contribution in [0.1, 0.15) is 52.0 Å². The predicted molar refractivity (Wildman–Crippen MR) is 101 cm³/mol. The first kappa shape index (κ1) is 21.1. The lowest BCUT2D eigenvalue weighted by molar-refractivity contribution is -0.192. The van der Waals surface area contributed by atoms with Crippen LogP contribution in [0.15, 0.2) is 30.3 Å². The van der Waals surface area contributed by atoms with Crippen molar-refractivity contribution in [3.8, 4) is 0 Å². The molecule has 1 saturated heterocycles. The van der Waals surface area contributed by atoms with Gasteiger partial charge in [-0.05, 0) is 25.3 Å². The van der Waals surface area contributed by atoms with Gasteiger partial charge in [0.2, 0.25) is 11.5 Å². The number of carbonyl (C=O) groups excluding carboxylic acids is 3. The van der Waals surface area contributed by atoms with Gasteiger partial charge in [-0.2, -0.15) is 0 Å². The Morgan fingerprint density at radius 2 is 1.85 bits per heavy atom. The minimum atomic E-state index is -1.84. The highest BCUT2D eigenvalue weighted by molar-refractivity contribution is 6.11. The third-order valence-corrected chi connectivity index (χ3v) is 4.84. The molecule has 1 fully saturated rings. The molecule has 1 aromatic carbocycles. The Kier molecular flexibility index (Phi) is 7.54. The average molecular weight is 375 g/mol.